The minimum atomic E-state index is -0.240. The average molecular weight is 358 g/mol. The van der Waals surface area contributed by atoms with Gasteiger partial charge in [0.15, 0.2) is 0 Å². The largest absolute Gasteiger partial charge is 0.465 e. The standard InChI is InChI=1S/C21H43NOS/c1-16(2)19(6,7)13-15-21(10,11)23-17(24)22-20(8,9)14-12-18(3,4)5/h16H,12-15H2,1-11H3,(H,22,24). The van der Waals surface area contributed by atoms with Crippen LogP contribution in [0.25, 0.3) is 0 Å². The van der Waals surface area contributed by atoms with E-state index < -0.39 is 0 Å². The van der Waals surface area contributed by atoms with E-state index in [-0.39, 0.29) is 11.1 Å². The van der Waals surface area contributed by atoms with Crippen molar-refractivity contribution in [2.75, 3.05) is 0 Å². The first-order valence-corrected chi connectivity index (χ1v) is 9.88. The first-order valence-electron chi connectivity index (χ1n) is 9.47. The average Bonchev–Trinajstić information content (AvgIpc) is 2.32. The maximum atomic E-state index is 6.10. The summed E-state index contributed by atoms with van der Waals surface area (Å²) >= 11 is 5.48. The Morgan fingerprint density at radius 2 is 1.33 bits per heavy atom. The maximum Gasteiger partial charge on any atom is 0.257 e. The van der Waals surface area contributed by atoms with E-state index in [9.17, 15) is 0 Å². The summed E-state index contributed by atoms with van der Waals surface area (Å²) < 4.78 is 6.10. The minimum absolute atomic E-state index is 0.0440. The minimum Gasteiger partial charge on any atom is -0.465 e. The monoisotopic (exact) mass is 357 g/mol. The Morgan fingerprint density at radius 3 is 1.75 bits per heavy atom. The van der Waals surface area contributed by atoms with Crippen LogP contribution in [-0.4, -0.2) is 16.3 Å². The zero-order valence-corrected chi connectivity index (χ0v) is 19.0. The van der Waals surface area contributed by atoms with Crippen molar-refractivity contribution >= 4 is 17.4 Å². The summed E-state index contributed by atoms with van der Waals surface area (Å²) in [5.41, 5.74) is 0.374. The third kappa shape index (κ3) is 10.5. The highest BCUT2D eigenvalue weighted by atomic mass is 32.1. The molecule has 0 bridgehead atoms. The van der Waals surface area contributed by atoms with E-state index in [2.05, 4.69) is 81.5 Å². The normalized spacial score (nSPS) is 14.0. The Hall–Kier alpha value is -0.310. The molecule has 0 aromatic rings. The van der Waals surface area contributed by atoms with E-state index in [0.29, 0.717) is 21.9 Å². The summed E-state index contributed by atoms with van der Waals surface area (Å²) in [5, 5.41) is 3.94. The number of rotatable bonds is 8. The van der Waals surface area contributed by atoms with Crippen molar-refractivity contribution < 1.29 is 4.74 Å². The topological polar surface area (TPSA) is 21.3 Å². The van der Waals surface area contributed by atoms with Gasteiger partial charge in [-0.2, -0.15) is 0 Å². The Morgan fingerprint density at radius 1 is 0.833 bits per heavy atom. The third-order valence-electron chi connectivity index (χ3n) is 5.24. The van der Waals surface area contributed by atoms with Gasteiger partial charge in [-0.3, -0.25) is 0 Å². The molecule has 0 aliphatic heterocycles. The van der Waals surface area contributed by atoms with Gasteiger partial charge in [-0.1, -0.05) is 48.5 Å². The predicted molar refractivity (Wildman–Crippen MR) is 112 cm³/mol. The summed E-state index contributed by atoms with van der Waals surface area (Å²) in [6.45, 7) is 24.7. The molecular formula is C21H43NOS. The fourth-order valence-electron chi connectivity index (χ4n) is 2.27. The summed E-state index contributed by atoms with van der Waals surface area (Å²) in [5.74, 6) is 0.662. The Kier molecular flexibility index (Phi) is 8.27. The van der Waals surface area contributed by atoms with E-state index in [1.807, 2.05) is 0 Å². The highest BCUT2D eigenvalue weighted by Gasteiger charge is 2.30. The van der Waals surface area contributed by atoms with Crippen molar-refractivity contribution in [1.29, 1.82) is 0 Å². The summed E-state index contributed by atoms with van der Waals surface area (Å²) in [6, 6.07) is 0. The molecule has 0 aromatic carbocycles. The van der Waals surface area contributed by atoms with Gasteiger partial charge in [-0.25, -0.2) is 0 Å². The van der Waals surface area contributed by atoms with E-state index in [1.165, 1.54) is 0 Å². The molecule has 0 heterocycles. The van der Waals surface area contributed by atoms with E-state index >= 15 is 0 Å². The number of ether oxygens (including phenoxy) is 1. The second-order valence-electron chi connectivity index (χ2n) is 10.9. The van der Waals surface area contributed by atoms with Crippen molar-refractivity contribution in [1.82, 2.24) is 5.32 Å². The summed E-state index contributed by atoms with van der Waals surface area (Å²) in [6.07, 6.45) is 4.36. The predicted octanol–water partition coefficient (Wildman–Crippen LogP) is 6.72. The lowest BCUT2D eigenvalue weighted by Gasteiger charge is -2.36. The number of hydrogen-bond donors (Lipinski definition) is 1. The molecule has 24 heavy (non-hydrogen) atoms. The third-order valence-corrected chi connectivity index (χ3v) is 5.43. The SMILES string of the molecule is CC(C)C(C)(C)CCC(C)(C)OC(=S)NC(C)(C)CCC(C)(C)C. The van der Waals surface area contributed by atoms with Crippen LogP contribution in [0.1, 0.15) is 102 Å². The Balaban J connectivity index is 4.52. The van der Waals surface area contributed by atoms with E-state index in [1.54, 1.807) is 0 Å². The van der Waals surface area contributed by atoms with Crippen LogP contribution in [0.4, 0.5) is 0 Å². The van der Waals surface area contributed by atoms with Gasteiger partial charge in [-0.15, -0.1) is 0 Å². The van der Waals surface area contributed by atoms with Crippen LogP contribution in [0.5, 0.6) is 0 Å². The van der Waals surface area contributed by atoms with Gasteiger partial charge in [0.25, 0.3) is 5.17 Å². The quantitative estimate of drug-likeness (QED) is 0.487. The fourth-order valence-corrected chi connectivity index (χ4v) is 2.77. The van der Waals surface area contributed by atoms with Crippen LogP contribution in [0.15, 0.2) is 0 Å². The zero-order valence-electron chi connectivity index (χ0n) is 18.2. The van der Waals surface area contributed by atoms with E-state index in [4.69, 9.17) is 17.0 Å². The van der Waals surface area contributed by atoms with Crippen LogP contribution in [0.3, 0.4) is 0 Å². The zero-order chi connectivity index (χ0) is 19.4. The van der Waals surface area contributed by atoms with Crippen molar-refractivity contribution in [3.05, 3.63) is 0 Å². The maximum absolute atomic E-state index is 6.10. The van der Waals surface area contributed by atoms with Gasteiger partial charge >= 0.3 is 0 Å². The molecule has 0 spiro atoms. The highest BCUT2D eigenvalue weighted by molar-refractivity contribution is 7.80. The van der Waals surface area contributed by atoms with Crippen molar-refractivity contribution in [2.24, 2.45) is 16.7 Å². The molecule has 0 saturated heterocycles. The molecule has 0 saturated carbocycles. The van der Waals surface area contributed by atoms with Crippen molar-refractivity contribution in [2.45, 2.75) is 113 Å². The lowest BCUT2D eigenvalue weighted by atomic mass is 9.75. The van der Waals surface area contributed by atoms with Gasteiger partial charge in [0.2, 0.25) is 0 Å². The number of nitrogens with one attached hydrogen (secondary N) is 1. The molecular weight excluding hydrogens is 314 g/mol. The molecule has 0 amide bonds. The molecule has 0 aliphatic carbocycles. The molecule has 3 heteroatoms. The molecule has 0 unspecified atom stereocenters. The number of hydrogen-bond acceptors (Lipinski definition) is 2. The second-order valence-corrected chi connectivity index (χ2v) is 11.2. The molecule has 144 valence electrons. The molecule has 0 rings (SSSR count). The van der Waals surface area contributed by atoms with Crippen LogP contribution >= 0.6 is 12.2 Å². The summed E-state index contributed by atoms with van der Waals surface area (Å²) in [7, 11) is 0. The molecule has 0 aliphatic rings. The van der Waals surface area contributed by atoms with Gasteiger partial charge in [0.05, 0.1) is 0 Å². The number of thiocarbonyl (C=S) groups is 1. The molecule has 0 fully saturated rings. The molecule has 1 N–H and O–H groups in total. The first-order chi connectivity index (χ1) is 10.5. The van der Waals surface area contributed by atoms with Gasteiger partial charge in [0.1, 0.15) is 5.60 Å². The molecule has 0 radical (unpaired) electrons. The Bertz CT molecular complexity index is 403. The van der Waals surface area contributed by atoms with Gasteiger partial charge in [-0.05, 0) is 82.3 Å². The molecule has 0 aromatic heterocycles. The van der Waals surface area contributed by atoms with Gasteiger partial charge in [0, 0.05) is 5.54 Å². The lowest BCUT2D eigenvalue weighted by molar-refractivity contribution is 0.0582. The Labute approximate surface area is 157 Å². The smallest absolute Gasteiger partial charge is 0.257 e. The van der Waals surface area contributed by atoms with Crippen LogP contribution in [0, 0.1) is 16.7 Å². The van der Waals surface area contributed by atoms with Crippen LogP contribution in [-0.2, 0) is 4.74 Å². The van der Waals surface area contributed by atoms with Gasteiger partial charge < -0.3 is 10.1 Å². The summed E-state index contributed by atoms with van der Waals surface area (Å²) in [4.78, 5) is 0. The van der Waals surface area contributed by atoms with E-state index in [0.717, 1.165) is 25.7 Å². The van der Waals surface area contributed by atoms with Crippen molar-refractivity contribution in [3.63, 3.8) is 0 Å². The lowest BCUT2D eigenvalue weighted by Crippen LogP contribution is -2.46. The molecule has 0 atom stereocenters. The fraction of sp³-hybridized carbons (Fsp3) is 0.952. The second kappa shape index (κ2) is 8.38. The first kappa shape index (κ1) is 23.7. The van der Waals surface area contributed by atoms with Crippen LogP contribution in [0.2, 0.25) is 0 Å². The molecule has 2 nitrogen and oxygen atoms in total. The van der Waals surface area contributed by atoms with Crippen molar-refractivity contribution in [3.8, 4) is 0 Å². The highest BCUT2D eigenvalue weighted by Crippen LogP contribution is 2.34. The van der Waals surface area contributed by atoms with Crippen LogP contribution < -0.4 is 5.32 Å².